The van der Waals surface area contributed by atoms with E-state index >= 15 is 0 Å². The molecule has 2 aromatic carbocycles. The minimum atomic E-state index is -0.727. The molecule has 1 aliphatic carbocycles. The van der Waals surface area contributed by atoms with Gasteiger partial charge in [-0.15, -0.1) is 0 Å². The zero-order valence-electron chi connectivity index (χ0n) is 20.2. The van der Waals surface area contributed by atoms with E-state index in [4.69, 9.17) is 11.6 Å². The molecular formula is C28H23ClN4O5. The molecule has 1 saturated carbocycles. The van der Waals surface area contributed by atoms with E-state index in [2.05, 4.69) is 15.6 Å². The van der Waals surface area contributed by atoms with Crippen LogP contribution < -0.4 is 10.6 Å². The number of Topliss-reactive ketones (excluding diaryl/α,β-unsaturated/α-hetero) is 2. The first-order chi connectivity index (χ1) is 18.3. The fourth-order valence-electron chi connectivity index (χ4n) is 5.63. The lowest BCUT2D eigenvalue weighted by atomic mass is 9.80. The van der Waals surface area contributed by atoms with Crippen molar-refractivity contribution in [1.29, 1.82) is 0 Å². The third-order valence-electron chi connectivity index (χ3n) is 7.54. The van der Waals surface area contributed by atoms with Gasteiger partial charge in [0.15, 0.2) is 11.6 Å². The molecular weight excluding hydrogens is 508 g/mol. The summed E-state index contributed by atoms with van der Waals surface area (Å²) in [6.45, 7) is 0.179. The van der Waals surface area contributed by atoms with Crippen LogP contribution in [0.2, 0.25) is 5.02 Å². The number of benzene rings is 2. The number of piperidine rings is 1. The van der Waals surface area contributed by atoms with Crippen molar-refractivity contribution in [3.8, 4) is 0 Å². The predicted octanol–water partition coefficient (Wildman–Crippen LogP) is 3.59. The summed E-state index contributed by atoms with van der Waals surface area (Å²) < 4.78 is 0. The number of nitrogens with one attached hydrogen (secondary N) is 3. The summed E-state index contributed by atoms with van der Waals surface area (Å²) >= 11 is 6.40. The number of carbonyl (C=O) groups excluding carboxylic acids is 5. The number of rotatable bonds is 4. The molecule has 3 aliphatic rings. The molecule has 0 bridgehead atoms. The quantitative estimate of drug-likeness (QED) is 0.269. The summed E-state index contributed by atoms with van der Waals surface area (Å²) in [7, 11) is 0. The lowest BCUT2D eigenvalue weighted by Gasteiger charge is -2.29. The second kappa shape index (κ2) is 9.25. The van der Waals surface area contributed by atoms with Gasteiger partial charge in [-0.05, 0) is 36.2 Å². The summed E-state index contributed by atoms with van der Waals surface area (Å²) in [6, 6.07) is 9.93. The lowest BCUT2D eigenvalue weighted by molar-refractivity contribution is -0.137. The molecule has 9 nitrogen and oxygen atoms in total. The Bertz CT molecular complexity index is 1570. The van der Waals surface area contributed by atoms with Crippen LogP contribution >= 0.6 is 11.6 Å². The van der Waals surface area contributed by atoms with Gasteiger partial charge >= 0.3 is 0 Å². The molecule has 3 aromatic rings. The number of allylic oxidation sites excluding steroid dienone is 1. The van der Waals surface area contributed by atoms with Crippen LogP contribution in [0.15, 0.2) is 54.4 Å². The highest BCUT2D eigenvalue weighted by atomic mass is 35.5. The first kappa shape index (κ1) is 24.1. The number of anilines is 1. The number of amides is 3. The third kappa shape index (κ3) is 3.99. The van der Waals surface area contributed by atoms with Crippen LogP contribution in [0.1, 0.15) is 53.1 Å². The van der Waals surface area contributed by atoms with E-state index in [-0.39, 0.29) is 67.1 Å². The predicted molar refractivity (Wildman–Crippen MR) is 139 cm³/mol. The maximum absolute atomic E-state index is 13.1. The van der Waals surface area contributed by atoms with Crippen molar-refractivity contribution in [1.82, 2.24) is 15.2 Å². The molecule has 3 N–H and O–H groups in total. The van der Waals surface area contributed by atoms with Crippen molar-refractivity contribution in [2.24, 2.45) is 0 Å². The van der Waals surface area contributed by atoms with E-state index in [0.717, 1.165) is 16.5 Å². The van der Waals surface area contributed by atoms with Gasteiger partial charge in [0.05, 0.1) is 10.6 Å². The molecule has 2 aliphatic heterocycles. The zero-order valence-corrected chi connectivity index (χ0v) is 20.9. The largest absolute Gasteiger partial charge is 0.361 e. The van der Waals surface area contributed by atoms with Crippen molar-refractivity contribution < 1.29 is 24.0 Å². The number of ketones is 2. The van der Waals surface area contributed by atoms with Crippen LogP contribution in [0.3, 0.4) is 0 Å². The Morgan fingerprint density at radius 2 is 1.76 bits per heavy atom. The highest BCUT2D eigenvalue weighted by molar-refractivity contribution is 6.35. The number of H-pyrrole nitrogens is 1. The van der Waals surface area contributed by atoms with Gasteiger partial charge in [0.1, 0.15) is 6.04 Å². The molecule has 1 saturated heterocycles. The van der Waals surface area contributed by atoms with Gasteiger partial charge in [0, 0.05) is 71.8 Å². The lowest BCUT2D eigenvalue weighted by Crippen LogP contribution is -2.52. The van der Waals surface area contributed by atoms with Crippen molar-refractivity contribution in [3.63, 3.8) is 0 Å². The Morgan fingerprint density at radius 3 is 2.53 bits per heavy atom. The SMILES string of the molecule is O=C1CCC(N2Cc3c(NC=C4C(=O)CC(c5c[nH]c6cccc(Cl)c56)CC4=O)cccc3C2=O)C(=O)N1. The number of nitrogens with zero attached hydrogens (tertiary/aromatic N) is 1. The summed E-state index contributed by atoms with van der Waals surface area (Å²) in [5.74, 6) is -1.94. The summed E-state index contributed by atoms with van der Waals surface area (Å²) in [6.07, 6.45) is 4.01. The number of hydrogen-bond donors (Lipinski definition) is 3. The van der Waals surface area contributed by atoms with Crippen molar-refractivity contribution >= 4 is 57.5 Å². The van der Waals surface area contributed by atoms with Gasteiger partial charge in [0.25, 0.3) is 5.91 Å². The number of fused-ring (bicyclic) bond motifs is 2. The van der Waals surface area contributed by atoms with Crippen LogP contribution in [-0.4, -0.2) is 45.2 Å². The standard InChI is InChI=1S/C28H23ClN4O5/c29-19-4-2-6-21-26(19)16(11-31-21)14-9-23(34)17(24(35)10-14)12-30-20-5-1-3-15-18(20)13-33(28(15)38)22-7-8-25(36)32-27(22)37/h1-6,11-12,14,22,30-31H,7-10,13H2,(H,32,36,37). The van der Waals surface area contributed by atoms with E-state index in [1.54, 1.807) is 24.3 Å². The smallest absolute Gasteiger partial charge is 0.255 e. The Hall–Kier alpha value is -4.24. The molecule has 192 valence electrons. The number of carbonyl (C=O) groups is 5. The van der Waals surface area contributed by atoms with Crippen LogP contribution in [0, 0.1) is 0 Å². The van der Waals surface area contributed by atoms with Gasteiger partial charge in [-0.1, -0.05) is 23.7 Å². The summed E-state index contributed by atoms with van der Waals surface area (Å²) in [4.78, 5) is 67.6. The third-order valence-corrected chi connectivity index (χ3v) is 7.86. The van der Waals surface area contributed by atoms with Crippen molar-refractivity contribution in [3.05, 3.63) is 76.1 Å². The number of hydrogen-bond acceptors (Lipinski definition) is 6. The van der Waals surface area contributed by atoms with Gasteiger partial charge in [0.2, 0.25) is 11.8 Å². The molecule has 1 aromatic heterocycles. The van der Waals surface area contributed by atoms with E-state index in [1.165, 1.54) is 11.1 Å². The maximum Gasteiger partial charge on any atom is 0.255 e. The minimum Gasteiger partial charge on any atom is -0.361 e. The Balaban J connectivity index is 1.21. The molecule has 0 spiro atoms. The Morgan fingerprint density at radius 1 is 1.00 bits per heavy atom. The van der Waals surface area contributed by atoms with Gasteiger partial charge in [-0.25, -0.2) is 0 Å². The molecule has 0 radical (unpaired) electrons. The zero-order chi connectivity index (χ0) is 26.6. The highest BCUT2D eigenvalue weighted by Crippen LogP contribution is 2.38. The van der Waals surface area contributed by atoms with Gasteiger partial charge < -0.3 is 15.2 Å². The van der Waals surface area contributed by atoms with Gasteiger partial charge in [-0.2, -0.15) is 0 Å². The van der Waals surface area contributed by atoms with E-state index in [1.807, 2.05) is 18.3 Å². The fraction of sp³-hybridized carbons (Fsp3) is 0.250. The second-order valence-electron chi connectivity index (χ2n) is 9.79. The molecule has 2 fully saturated rings. The number of aromatic nitrogens is 1. The highest BCUT2D eigenvalue weighted by Gasteiger charge is 2.40. The molecule has 1 unspecified atom stereocenters. The minimum absolute atomic E-state index is 0.0798. The normalized spacial score (nSPS) is 21.7. The average Bonchev–Trinajstić information content (AvgIpc) is 3.46. The number of halogens is 1. The Kier molecular flexibility index (Phi) is 5.87. The maximum atomic E-state index is 13.1. The average molecular weight is 531 g/mol. The molecule has 3 amide bonds. The van der Waals surface area contributed by atoms with E-state index in [0.29, 0.717) is 21.8 Å². The van der Waals surface area contributed by atoms with Crippen LogP contribution in [0.5, 0.6) is 0 Å². The fourth-order valence-corrected chi connectivity index (χ4v) is 5.92. The van der Waals surface area contributed by atoms with Crippen LogP contribution in [0.4, 0.5) is 5.69 Å². The van der Waals surface area contributed by atoms with Crippen LogP contribution in [-0.2, 0) is 25.7 Å². The summed E-state index contributed by atoms with van der Waals surface area (Å²) in [5, 5.41) is 6.75. The molecule has 6 rings (SSSR count). The van der Waals surface area contributed by atoms with E-state index in [9.17, 15) is 24.0 Å². The van der Waals surface area contributed by atoms with Gasteiger partial charge in [-0.3, -0.25) is 29.3 Å². The van der Waals surface area contributed by atoms with Crippen molar-refractivity contribution in [2.45, 2.75) is 44.2 Å². The van der Waals surface area contributed by atoms with E-state index < -0.39 is 11.9 Å². The molecule has 3 heterocycles. The monoisotopic (exact) mass is 530 g/mol. The first-order valence-electron chi connectivity index (χ1n) is 12.4. The van der Waals surface area contributed by atoms with Crippen molar-refractivity contribution in [2.75, 3.05) is 5.32 Å². The second-order valence-corrected chi connectivity index (χ2v) is 10.2. The molecule has 38 heavy (non-hydrogen) atoms. The first-order valence-corrected chi connectivity index (χ1v) is 12.7. The number of imide groups is 1. The summed E-state index contributed by atoms with van der Waals surface area (Å²) in [5.41, 5.74) is 3.47. The molecule has 1 atom stereocenters. The van der Waals surface area contributed by atoms with Crippen LogP contribution in [0.25, 0.3) is 10.9 Å². The topological polar surface area (TPSA) is 128 Å². The number of aromatic amines is 1. The Labute approximate surface area is 222 Å². The molecule has 10 heteroatoms.